The second kappa shape index (κ2) is 15.7. The van der Waals surface area contributed by atoms with Gasteiger partial charge in [0, 0.05) is 38.1 Å². The van der Waals surface area contributed by atoms with Crippen molar-refractivity contribution in [3.05, 3.63) is 136 Å². The summed E-state index contributed by atoms with van der Waals surface area (Å²) in [6.45, 7) is 8.62. The van der Waals surface area contributed by atoms with Gasteiger partial charge >= 0.3 is 11.7 Å². The Kier molecular flexibility index (Phi) is 11.2. The smallest absolute Gasteiger partial charge is 0.335 e. The van der Waals surface area contributed by atoms with Crippen LogP contribution in [0.5, 0.6) is 0 Å². The maximum atomic E-state index is 12.9. The third-order valence-corrected chi connectivity index (χ3v) is 8.89. The molecule has 0 spiro atoms. The fourth-order valence-electron chi connectivity index (χ4n) is 6.66. The third-order valence-electron chi connectivity index (χ3n) is 8.89. The summed E-state index contributed by atoms with van der Waals surface area (Å²) in [5.74, 6) is -0.412. The number of H-pyrrole nitrogens is 1. The standard InChI is InChI=1S/C29H35N5O.C9H10O2/c1-32-18-15-27(34-28-14-6-5-13-26(28)31-29(34)35)25(22-32)12-8-17-33(20-23-9-3-2-4-10-23)21-24-11-7-16-30-19-24;1-6-3-4-8(9(10)11)7(2)5-6/h2-7,9-11,13-14,16,19,25,27H,8,12,15,17-18,20-22H2,1H3,(H,31,35);3-5H,1-2H3,(H,10,11). The van der Waals surface area contributed by atoms with Gasteiger partial charge in [-0.25, -0.2) is 9.59 Å². The van der Waals surface area contributed by atoms with E-state index in [0.717, 1.165) is 74.1 Å². The number of benzene rings is 3. The summed E-state index contributed by atoms with van der Waals surface area (Å²) >= 11 is 0. The summed E-state index contributed by atoms with van der Waals surface area (Å²) < 4.78 is 2.03. The van der Waals surface area contributed by atoms with Gasteiger partial charge < -0.3 is 15.0 Å². The van der Waals surface area contributed by atoms with Crippen LogP contribution in [0.15, 0.2) is 102 Å². The first-order valence-electron chi connectivity index (χ1n) is 16.1. The molecule has 5 aromatic rings. The third kappa shape index (κ3) is 8.59. The maximum absolute atomic E-state index is 12.9. The highest BCUT2D eigenvalue weighted by Crippen LogP contribution is 2.32. The molecule has 8 heteroatoms. The monoisotopic (exact) mass is 619 g/mol. The Bertz CT molecular complexity index is 1720. The van der Waals surface area contributed by atoms with E-state index in [0.29, 0.717) is 11.5 Å². The molecule has 2 N–H and O–H groups in total. The highest BCUT2D eigenvalue weighted by molar-refractivity contribution is 5.89. The lowest BCUT2D eigenvalue weighted by molar-refractivity contribution is 0.0696. The highest BCUT2D eigenvalue weighted by Gasteiger charge is 2.31. The van der Waals surface area contributed by atoms with Crippen molar-refractivity contribution < 1.29 is 9.90 Å². The Hall–Kier alpha value is -4.53. The number of carboxylic acid groups (broad SMARTS) is 1. The fourth-order valence-corrected chi connectivity index (χ4v) is 6.66. The number of carboxylic acids is 1. The van der Waals surface area contributed by atoms with Crippen molar-refractivity contribution in [3.63, 3.8) is 0 Å². The van der Waals surface area contributed by atoms with Crippen LogP contribution in [-0.2, 0) is 13.1 Å². The first-order valence-corrected chi connectivity index (χ1v) is 16.1. The van der Waals surface area contributed by atoms with Crippen molar-refractivity contribution in [1.29, 1.82) is 0 Å². The van der Waals surface area contributed by atoms with E-state index in [1.165, 1.54) is 11.1 Å². The van der Waals surface area contributed by atoms with Crippen LogP contribution in [0.25, 0.3) is 11.0 Å². The van der Waals surface area contributed by atoms with Crippen molar-refractivity contribution in [3.8, 4) is 0 Å². The molecule has 0 amide bonds. The molecule has 3 heterocycles. The van der Waals surface area contributed by atoms with E-state index in [2.05, 4.69) is 69.3 Å². The zero-order valence-corrected chi connectivity index (χ0v) is 27.1. The number of piperidine rings is 1. The first-order chi connectivity index (χ1) is 22.3. The topological polar surface area (TPSA) is 94.5 Å². The van der Waals surface area contributed by atoms with Crippen LogP contribution in [0.2, 0.25) is 0 Å². The van der Waals surface area contributed by atoms with E-state index in [1.54, 1.807) is 19.1 Å². The van der Waals surface area contributed by atoms with Gasteiger partial charge in [0.1, 0.15) is 0 Å². The Morgan fingerprint density at radius 2 is 1.72 bits per heavy atom. The summed E-state index contributed by atoms with van der Waals surface area (Å²) in [6, 6.07) is 28.5. The second-order valence-electron chi connectivity index (χ2n) is 12.5. The van der Waals surface area contributed by atoms with Gasteiger partial charge in [-0.05, 0) is 100 Å². The van der Waals surface area contributed by atoms with Gasteiger partial charge in [0.25, 0.3) is 0 Å². The quantitative estimate of drug-likeness (QED) is 0.181. The number of aryl methyl sites for hydroxylation is 2. The van der Waals surface area contributed by atoms with Crippen molar-refractivity contribution in [2.75, 3.05) is 26.7 Å². The van der Waals surface area contributed by atoms with Gasteiger partial charge in [0.15, 0.2) is 0 Å². The zero-order valence-electron chi connectivity index (χ0n) is 27.1. The number of hydrogen-bond donors (Lipinski definition) is 2. The molecule has 1 aliphatic heterocycles. The predicted octanol–water partition coefficient (Wildman–Crippen LogP) is 6.70. The van der Waals surface area contributed by atoms with Crippen molar-refractivity contribution in [1.82, 2.24) is 24.3 Å². The molecule has 1 fully saturated rings. The number of aromatic nitrogens is 3. The minimum absolute atomic E-state index is 0.0213. The molecule has 0 aliphatic carbocycles. The molecule has 0 bridgehead atoms. The van der Waals surface area contributed by atoms with E-state index >= 15 is 0 Å². The van der Waals surface area contributed by atoms with E-state index in [4.69, 9.17) is 5.11 Å². The van der Waals surface area contributed by atoms with Gasteiger partial charge in [-0.1, -0.05) is 66.2 Å². The van der Waals surface area contributed by atoms with Crippen molar-refractivity contribution in [2.45, 2.75) is 52.2 Å². The van der Waals surface area contributed by atoms with E-state index < -0.39 is 5.97 Å². The number of rotatable bonds is 10. The maximum Gasteiger partial charge on any atom is 0.335 e. The van der Waals surface area contributed by atoms with Crippen molar-refractivity contribution in [2.24, 2.45) is 5.92 Å². The fraction of sp³-hybridized carbons (Fsp3) is 0.342. The lowest BCUT2D eigenvalue weighted by Gasteiger charge is -2.38. The van der Waals surface area contributed by atoms with Crippen LogP contribution >= 0.6 is 0 Å². The molecule has 240 valence electrons. The molecule has 0 saturated carbocycles. The minimum atomic E-state index is -0.859. The normalized spacial score (nSPS) is 16.7. The van der Waals surface area contributed by atoms with Gasteiger partial charge in [-0.3, -0.25) is 14.5 Å². The number of pyridine rings is 1. The summed E-state index contributed by atoms with van der Waals surface area (Å²) in [7, 11) is 2.20. The van der Waals surface area contributed by atoms with Gasteiger partial charge in [0.2, 0.25) is 0 Å². The molecular weight excluding hydrogens is 574 g/mol. The van der Waals surface area contributed by atoms with Gasteiger partial charge in [-0.2, -0.15) is 0 Å². The number of nitrogens with zero attached hydrogens (tertiary/aromatic N) is 4. The van der Waals surface area contributed by atoms with Crippen molar-refractivity contribution >= 4 is 17.0 Å². The molecular formula is C38H45N5O3. The Morgan fingerprint density at radius 1 is 0.978 bits per heavy atom. The zero-order chi connectivity index (χ0) is 32.5. The molecule has 6 rings (SSSR count). The molecule has 2 atom stereocenters. The molecule has 2 unspecified atom stereocenters. The lowest BCUT2D eigenvalue weighted by atomic mass is 9.88. The van der Waals surface area contributed by atoms with Crippen LogP contribution in [0.1, 0.15) is 57.9 Å². The number of para-hydroxylation sites is 2. The Balaban J connectivity index is 0.000000322. The number of likely N-dealkylation sites (tertiary alicyclic amines) is 1. The lowest BCUT2D eigenvalue weighted by Crippen LogP contribution is -2.41. The molecule has 3 aromatic carbocycles. The average Bonchev–Trinajstić information content (AvgIpc) is 3.37. The summed E-state index contributed by atoms with van der Waals surface area (Å²) in [5.41, 5.74) is 6.84. The molecule has 1 saturated heterocycles. The van der Waals surface area contributed by atoms with Crippen LogP contribution in [0.4, 0.5) is 0 Å². The predicted molar refractivity (Wildman–Crippen MR) is 184 cm³/mol. The van der Waals surface area contributed by atoms with E-state index in [-0.39, 0.29) is 11.7 Å². The van der Waals surface area contributed by atoms with Crippen LogP contribution in [0.3, 0.4) is 0 Å². The number of aromatic carboxylic acids is 1. The summed E-state index contributed by atoms with van der Waals surface area (Å²) in [5, 5.41) is 8.66. The van der Waals surface area contributed by atoms with Gasteiger partial charge in [-0.15, -0.1) is 0 Å². The second-order valence-corrected chi connectivity index (χ2v) is 12.5. The first kappa shape index (κ1) is 32.9. The van der Waals surface area contributed by atoms with E-state index in [9.17, 15) is 9.59 Å². The summed E-state index contributed by atoms with van der Waals surface area (Å²) in [6.07, 6.45) is 7.00. The molecule has 8 nitrogen and oxygen atoms in total. The largest absolute Gasteiger partial charge is 0.478 e. The molecule has 46 heavy (non-hydrogen) atoms. The number of aromatic amines is 1. The van der Waals surface area contributed by atoms with Crippen LogP contribution in [0, 0.1) is 19.8 Å². The minimum Gasteiger partial charge on any atom is -0.478 e. The average molecular weight is 620 g/mol. The highest BCUT2D eigenvalue weighted by atomic mass is 16.4. The Morgan fingerprint density at radius 3 is 2.46 bits per heavy atom. The number of fused-ring (bicyclic) bond motifs is 1. The van der Waals surface area contributed by atoms with Gasteiger partial charge in [0.05, 0.1) is 16.6 Å². The SMILES string of the molecule is CN1CCC(n2c(=O)[nH]c3ccccc32)C(CCCN(Cc2ccccc2)Cc2cccnc2)C1.Cc1ccc(C(=O)O)c(C)c1. The number of carbonyl (C=O) groups is 1. The number of hydrogen-bond acceptors (Lipinski definition) is 5. The summed E-state index contributed by atoms with van der Waals surface area (Å²) in [4.78, 5) is 35.8. The van der Waals surface area contributed by atoms with E-state index in [1.807, 2.05) is 54.2 Å². The van der Waals surface area contributed by atoms with Crippen LogP contribution in [-0.4, -0.2) is 62.1 Å². The molecule has 2 aromatic heterocycles. The molecule has 0 radical (unpaired) electrons. The molecule has 1 aliphatic rings. The Labute approximate surface area is 271 Å². The number of nitrogens with one attached hydrogen (secondary N) is 1. The number of imidazole rings is 1. The van der Waals surface area contributed by atoms with Crippen LogP contribution < -0.4 is 5.69 Å².